The molecule has 2 aromatic rings. The lowest BCUT2D eigenvalue weighted by Crippen LogP contribution is -2.48. The molecular formula is C24H34ClIN4O2. The summed E-state index contributed by atoms with van der Waals surface area (Å²) in [4.78, 5) is 7.08. The molecule has 2 aromatic carbocycles. The van der Waals surface area contributed by atoms with Crippen LogP contribution in [0.5, 0.6) is 5.75 Å². The SMILES string of the molecule is CCNC(=NCC(O)c1cccc(OC)c1)NC1CCN(Cc2ccc(Cl)cc2)CC1.I. The van der Waals surface area contributed by atoms with E-state index in [1.54, 1.807) is 7.11 Å². The van der Waals surface area contributed by atoms with Crippen LogP contribution in [0.15, 0.2) is 53.5 Å². The Hall–Kier alpha value is -1.55. The van der Waals surface area contributed by atoms with Gasteiger partial charge in [0.1, 0.15) is 5.75 Å². The zero-order valence-electron chi connectivity index (χ0n) is 18.8. The standard InChI is InChI=1S/C24H33ClN4O2.HI/c1-3-26-24(27-16-23(30)19-5-4-6-22(15-19)31-2)28-21-11-13-29(14-12-21)17-18-7-9-20(25)10-8-18;/h4-10,15,21,23,30H,3,11-14,16-17H2,1-2H3,(H2,26,27,28);1H. The molecule has 0 spiro atoms. The van der Waals surface area contributed by atoms with Gasteiger partial charge in [0.25, 0.3) is 0 Å². The Morgan fingerprint density at radius 3 is 2.59 bits per heavy atom. The van der Waals surface area contributed by atoms with Crippen molar-refractivity contribution in [2.24, 2.45) is 4.99 Å². The first kappa shape index (κ1) is 26.7. The number of piperidine rings is 1. The number of nitrogens with one attached hydrogen (secondary N) is 2. The van der Waals surface area contributed by atoms with E-state index >= 15 is 0 Å². The Morgan fingerprint density at radius 2 is 1.94 bits per heavy atom. The van der Waals surface area contributed by atoms with E-state index in [4.69, 9.17) is 16.3 Å². The molecular weight excluding hydrogens is 539 g/mol. The molecule has 1 aliphatic rings. The summed E-state index contributed by atoms with van der Waals surface area (Å²) in [5.41, 5.74) is 2.09. The lowest BCUT2D eigenvalue weighted by atomic mass is 10.0. The third kappa shape index (κ3) is 8.42. The Morgan fingerprint density at radius 1 is 1.22 bits per heavy atom. The molecule has 0 bridgehead atoms. The van der Waals surface area contributed by atoms with Crippen LogP contribution in [0.1, 0.15) is 37.0 Å². The number of nitrogens with zero attached hydrogens (tertiary/aromatic N) is 2. The second kappa shape index (κ2) is 13.9. The van der Waals surface area contributed by atoms with Crippen molar-refractivity contribution in [3.63, 3.8) is 0 Å². The van der Waals surface area contributed by atoms with E-state index in [0.717, 1.165) is 61.3 Å². The molecule has 1 fully saturated rings. The Bertz CT molecular complexity index is 842. The van der Waals surface area contributed by atoms with Gasteiger partial charge in [0.2, 0.25) is 0 Å². The van der Waals surface area contributed by atoms with E-state index in [1.165, 1.54) is 5.56 Å². The van der Waals surface area contributed by atoms with Crippen molar-refractivity contribution < 1.29 is 9.84 Å². The normalized spacial score (nSPS) is 16.2. The van der Waals surface area contributed by atoms with Gasteiger partial charge in [0, 0.05) is 37.2 Å². The van der Waals surface area contributed by atoms with E-state index in [2.05, 4.69) is 32.7 Å². The number of benzene rings is 2. The molecule has 32 heavy (non-hydrogen) atoms. The van der Waals surface area contributed by atoms with Crippen molar-refractivity contribution in [1.82, 2.24) is 15.5 Å². The van der Waals surface area contributed by atoms with Crippen molar-refractivity contribution in [3.8, 4) is 5.75 Å². The lowest BCUT2D eigenvalue weighted by Gasteiger charge is -2.33. The summed E-state index contributed by atoms with van der Waals surface area (Å²) in [5.74, 6) is 1.48. The smallest absolute Gasteiger partial charge is 0.191 e. The van der Waals surface area contributed by atoms with Gasteiger partial charge in [-0.1, -0.05) is 35.9 Å². The second-order valence-electron chi connectivity index (χ2n) is 7.83. The highest BCUT2D eigenvalue weighted by Gasteiger charge is 2.20. The first-order valence-electron chi connectivity index (χ1n) is 10.9. The van der Waals surface area contributed by atoms with Crippen LogP contribution in [0.25, 0.3) is 0 Å². The zero-order chi connectivity index (χ0) is 22.1. The van der Waals surface area contributed by atoms with Gasteiger partial charge < -0.3 is 20.5 Å². The summed E-state index contributed by atoms with van der Waals surface area (Å²) < 4.78 is 5.24. The molecule has 1 heterocycles. The monoisotopic (exact) mass is 572 g/mol. The molecule has 3 N–H and O–H groups in total. The number of hydrogen-bond donors (Lipinski definition) is 3. The maximum Gasteiger partial charge on any atom is 0.191 e. The van der Waals surface area contributed by atoms with Crippen LogP contribution in [0, 0.1) is 0 Å². The van der Waals surface area contributed by atoms with Crippen LogP contribution in [-0.2, 0) is 6.54 Å². The second-order valence-corrected chi connectivity index (χ2v) is 8.27. The molecule has 0 aromatic heterocycles. The summed E-state index contributed by atoms with van der Waals surface area (Å²) in [6.45, 7) is 6.13. The molecule has 1 aliphatic heterocycles. The van der Waals surface area contributed by atoms with Gasteiger partial charge in [-0.3, -0.25) is 9.89 Å². The molecule has 0 saturated carbocycles. The quantitative estimate of drug-likeness (QED) is 0.251. The van der Waals surface area contributed by atoms with Gasteiger partial charge in [-0.15, -0.1) is 24.0 Å². The van der Waals surface area contributed by atoms with E-state index in [-0.39, 0.29) is 30.5 Å². The minimum Gasteiger partial charge on any atom is -0.497 e. The minimum absolute atomic E-state index is 0. The Balaban J connectivity index is 0.00000363. The minimum atomic E-state index is -0.674. The van der Waals surface area contributed by atoms with Crippen molar-refractivity contribution >= 4 is 41.5 Å². The number of likely N-dealkylation sites (tertiary alicyclic amines) is 1. The number of methoxy groups -OCH3 is 1. The highest BCUT2D eigenvalue weighted by Crippen LogP contribution is 2.19. The number of ether oxygens (including phenoxy) is 1. The van der Waals surface area contributed by atoms with Crippen molar-refractivity contribution in [2.75, 3.05) is 33.3 Å². The van der Waals surface area contributed by atoms with E-state index in [0.29, 0.717) is 6.04 Å². The zero-order valence-corrected chi connectivity index (χ0v) is 21.8. The largest absolute Gasteiger partial charge is 0.497 e. The number of aliphatic imine (C=N–C) groups is 1. The highest BCUT2D eigenvalue weighted by atomic mass is 127. The number of halogens is 2. The van der Waals surface area contributed by atoms with Crippen molar-refractivity contribution in [2.45, 2.75) is 38.5 Å². The summed E-state index contributed by atoms with van der Waals surface area (Å²) in [6.07, 6.45) is 1.43. The average molecular weight is 573 g/mol. The van der Waals surface area contributed by atoms with Crippen LogP contribution >= 0.6 is 35.6 Å². The molecule has 176 valence electrons. The van der Waals surface area contributed by atoms with Crippen molar-refractivity contribution in [1.29, 1.82) is 0 Å². The van der Waals surface area contributed by atoms with Crippen LogP contribution in [0.2, 0.25) is 5.02 Å². The lowest BCUT2D eigenvalue weighted by molar-refractivity contribution is 0.186. The summed E-state index contributed by atoms with van der Waals surface area (Å²) in [7, 11) is 1.62. The number of hydrogen-bond acceptors (Lipinski definition) is 4. The topological polar surface area (TPSA) is 69.1 Å². The van der Waals surface area contributed by atoms with Gasteiger partial charge in [-0.25, -0.2) is 0 Å². The number of aliphatic hydroxyl groups is 1. The Kier molecular flexibility index (Phi) is 11.6. The van der Waals surface area contributed by atoms with Crippen LogP contribution < -0.4 is 15.4 Å². The molecule has 1 atom stereocenters. The van der Waals surface area contributed by atoms with Gasteiger partial charge in [-0.05, 0) is 55.2 Å². The molecule has 1 unspecified atom stereocenters. The third-order valence-corrected chi connectivity index (χ3v) is 5.74. The summed E-state index contributed by atoms with van der Waals surface area (Å²) >= 11 is 5.98. The first-order chi connectivity index (χ1) is 15.1. The maximum atomic E-state index is 10.5. The molecule has 1 saturated heterocycles. The predicted molar refractivity (Wildman–Crippen MR) is 142 cm³/mol. The fourth-order valence-corrected chi connectivity index (χ4v) is 3.85. The van der Waals surface area contributed by atoms with Gasteiger partial charge in [-0.2, -0.15) is 0 Å². The first-order valence-corrected chi connectivity index (χ1v) is 11.3. The predicted octanol–water partition coefficient (Wildman–Crippen LogP) is 4.22. The number of rotatable bonds is 8. The van der Waals surface area contributed by atoms with E-state index < -0.39 is 6.10 Å². The fraction of sp³-hybridized carbons (Fsp3) is 0.458. The summed E-state index contributed by atoms with van der Waals surface area (Å²) in [5, 5.41) is 18.1. The van der Waals surface area contributed by atoms with Gasteiger partial charge >= 0.3 is 0 Å². The van der Waals surface area contributed by atoms with Crippen molar-refractivity contribution in [3.05, 3.63) is 64.7 Å². The summed E-state index contributed by atoms with van der Waals surface area (Å²) in [6, 6.07) is 15.9. The third-order valence-electron chi connectivity index (χ3n) is 5.49. The van der Waals surface area contributed by atoms with Crippen LogP contribution in [-0.4, -0.2) is 55.3 Å². The molecule has 0 aliphatic carbocycles. The maximum absolute atomic E-state index is 10.5. The molecule has 0 amide bonds. The number of guanidine groups is 1. The van der Waals surface area contributed by atoms with Gasteiger partial charge in [0.05, 0.1) is 19.8 Å². The van der Waals surface area contributed by atoms with Crippen LogP contribution in [0.4, 0.5) is 0 Å². The molecule has 0 radical (unpaired) electrons. The molecule has 6 nitrogen and oxygen atoms in total. The fourth-order valence-electron chi connectivity index (χ4n) is 3.73. The number of aliphatic hydroxyl groups excluding tert-OH is 1. The Labute approximate surface area is 213 Å². The van der Waals surface area contributed by atoms with E-state index in [1.807, 2.05) is 43.3 Å². The highest BCUT2D eigenvalue weighted by molar-refractivity contribution is 14.0. The average Bonchev–Trinajstić information content (AvgIpc) is 2.80. The van der Waals surface area contributed by atoms with Crippen LogP contribution in [0.3, 0.4) is 0 Å². The van der Waals surface area contributed by atoms with E-state index in [9.17, 15) is 5.11 Å². The molecule has 3 rings (SSSR count). The molecule has 8 heteroatoms. The van der Waals surface area contributed by atoms with Gasteiger partial charge in [0.15, 0.2) is 5.96 Å².